The molecule has 0 spiro atoms. The van der Waals surface area contributed by atoms with Gasteiger partial charge >= 0.3 is 12.1 Å². The number of carboxylic acid groups (broad SMARTS) is 1. The highest BCUT2D eigenvalue weighted by atomic mass is 19.4. The van der Waals surface area contributed by atoms with Crippen LogP contribution in [0.3, 0.4) is 0 Å². The van der Waals surface area contributed by atoms with E-state index in [1.54, 1.807) is 0 Å². The second-order valence-electron chi connectivity index (χ2n) is 4.35. The van der Waals surface area contributed by atoms with Crippen molar-refractivity contribution in [1.29, 1.82) is 0 Å². The van der Waals surface area contributed by atoms with Gasteiger partial charge in [-0.05, 0) is 24.5 Å². The number of hydrogen-bond acceptors (Lipinski definition) is 3. The summed E-state index contributed by atoms with van der Waals surface area (Å²) >= 11 is 0. The van der Waals surface area contributed by atoms with Crippen molar-refractivity contribution in [2.45, 2.75) is 25.9 Å². The van der Waals surface area contributed by atoms with Gasteiger partial charge in [0.1, 0.15) is 5.82 Å². The molecule has 0 bridgehead atoms. The zero-order chi connectivity index (χ0) is 14.5. The van der Waals surface area contributed by atoms with E-state index in [2.05, 4.69) is 10.3 Å². The first-order valence-corrected chi connectivity index (χ1v) is 5.78. The maximum atomic E-state index is 12.5. The first-order valence-electron chi connectivity index (χ1n) is 5.78. The molecule has 1 aromatic heterocycles. The average Bonchev–Trinajstić information content (AvgIpc) is 2.33. The zero-order valence-electron chi connectivity index (χ0n) is 10.4. The third-order valence-corrected chi connectivity index (χ3v) is 2.57. The second kappa shape index (κ2) is 6.40. The normalized spacial score (nSPS) is 13.1. The number of hydrogen-bond donors (Lipinski definition) is 2. The molecule has 7 heteroatoms. The Morgan fingerprint density at radius 1 is 1.53 bits per heavy atom. The van der Waals surface area contributed by atoms with Crippen LogP contribution in [0, 0.1) is 5.92 Å². The van der Waals surface area contributed by atoms with Crippen LogP contribution in [-0.2, 0) is 11.0 Å². The SMILES string of the molecule is CC(CCC(=O)O)CNc1cc(C(F)(F)F)ccn1. The Labute approximate surface area is 108 Å². The van der Waals surface area contributed by atoms with E-state index in [0.29, 0.717) is 13.0 Å². The number of pyridine rings is 1. The number of carboxylic acids is 1. The van der Waals surface area contributed by atoms with Crippen molar-refractivity contribution in [3.63, 3.8) is 0 Å². The number of alkyl halides is 3. The van der Waals surface area contributed by atoms with Gasteiger partial charge in [0.2, 0.25) is 0 Å². The number of aromatic nitrogens is 1. The quantitative estimate of drug-likeness (QED) is 0.838. The molecular weight excluding hydrogens is 261 g/mol. The molecule has 0 aliphatic carbocycles. The van der Waals surface area contributed by atoms with Gasteiger partial charge in [0.15, 0.2) is 0 Å². The van der Waals surface area contributed by atoms with Gasteiger partial charge in [0.25, 0.3) is 0 Å². The third kappa shape index (κ3) is 5.58. The maximum Gasteiger partial charge on any atom is 0.416 e. The monoisotopic (exact) mass is 276 g/mol. The van der Waals surface area contributed by atoms with E-state index in [-0.39, 0.29) is 18.2 Å². The van der Waals surface area contributed by atoms with Crippen LogP contribution in [0.1, 0.15) is 25.3 Å². The van der Waals surface area contributed by atoms with E-state index in [0.717, 1.165) is 18.3 Å². The molecule has 0 saturated carbocycles. The Balaban J connectivity index is 2.51. The molecule has 0 fully saturated rings. The van der Waals surface area contributed by atoms with Crippen molar-refractivity contribution in [1.82, 2.24) is 4.98 Å². The highest BCUT2D eigenvalue weighted by molar-refractivity contribution is 5.66. The van der Waals surface area contributed by atoms with E-state index < -0.39 is 17.7 Å². The molecule has 1 unspecified atom stereocenters. The summed E-state index contributed by atoms with van der Waals surface area (Å²) in [5, 5.41) is 11.3. The Kier molecular flexibility index (Phi) is 5.14. The molecule has 4 nitrogen and oxygen atoms in total. The van der Waals surface area contributed by atoms with Crippen molar-refractivity contribution in [2.24, 2.45) is 5.92 Å². The minimum absolute atomic E-state index is 0.0347. The van der Waals surface area contributed by atoms with Gasteiger partial charge in [0.05, 0.1) is 5.56 Å². The Bertz CT molecular complexity index is 435. The van der Waals surface area contributed by atoms with Crippen LogP contribution in [0.25, 0.3) is 0 Å². The van der Waals surface area contributed by atoms with Gasteiger partial charge in [-0.15, -0.1) is 0 Å². The van der Waals surface area contributed by atoms with Crippen LogP contribution in [-0.4, -0.2) is 22.6 Å². The van der Waals surface area contributed by atoms with E-state index in [9.17, 15) is 18.0 Å². The Morgan fingerprint density at radius 2 is 2.21 bits per heavy atom. The Morgan fingerprint density at radius 3 is 2.79 bits per heavy atom. The highest BCUT2D eigenvalue weighted by Gasteiger charge is 2.30. The fourth-order valence-corrected chi connectivity index (χ4v) is 1.45. The molecule has 0 amide bonds. The maximum absolute atomic E-state index is 12.5. The lowest BCUT2D eigenvalue weighted by Crippen LogP contribution is -2.14. The number of halogens is 3. The number of aliphatic carboxylic acids is 1. The number of carbonyl (C=O) groups is 1. The molecule has 1 aromatic rings. The molecule has 1 heterocycles. The first kappa shape index (κ1) is 15.3. The van der Waals surface area contributed by atoms with E-state index in [4.69, 9.17) is 5.11 Å². The lowest BCUT2D eigenvalue weighted by atomic mass is 10.1. The summed E-state index contributed by atoms with van der Waals surface area (Å²) in [6.45, 7) is 2.20. The van der Waals surface area contributed by atoms with Gasteiger partial charge in [-0.2, -0.15) is 13.2 Å². The molecule has 1 rings (SSSR count). The zero-order valence-corrected chi connectivity index (χ0v) is 10.4. The summed E-state index contributed by atoms with van der Waals surface area (Å²) in [6, 6.07) is 1.84. The van der Waals surface area contributed by atoms with Gasteiger partial charge in [-0.1, -0.05) is 6.92 Å². The van der Waals surface area contributed by atoms with Crippen LogP contribution in [0.2, 0.25) is 0 Å². The average molecular weight is 276 g/mol. The van der Waals surface area contributed by atoms with E-state index in [1.807, 2.05) is 6.92 Å². The standard InChI is InChI=1S/C12H15F3N2O2/c1-8(2-3-11(18)19)7-17-10-6-9(4-5-16-10)12(13,14)15/h4-6,8H,2-3,7H2,1H3,(H,16,17)(H,18,19). The van der Waals surface area contributed by atoms with Gasteiger partial charge in [-0.25, -0.2) is 4.98 Å². The molecule has 19 heavy (non-hydrogen) atoms. The molecule has 106 valence electrons. The number of nitrogens with one attached hydrogen (secondary N) is 1. The summed E-state index contributed by atoms with van der Waals surface area (Å²) in [4.78, 5) is 14.2. The largest absolute Gasteiger partial charge is 0.481 e. The van der Waals surface area contributed by atoms with Crippen molar-refractivity contribution in [3.8, 4) is 0 Å². The summed E-state index contributed by atoms with van der Waals surface area (Å²) < 4.78 is 37.4. The van der Waals surface area contributed by atoms with Crippen LogP contribution >= 0.6 is 0 Å². The van der Waals surface area contributed by atoms with Crippen molar-refractivity contribution >= 4 is 11.8 Å². The van der Waals surface area contributed by atoms with Crippen molar-refractivity contribution in [3.05, 3.63) is 23.9 Å². The summed E-state index contributed by atoms with van der Waals surface area (Å²) in [6.07, 6.45) is -2.80. The third-order valence-electron chi connectivity index (χ3n) is 2.57. The number of anilines is 1. The van der Waals surface area contributed by atoms with Crippen LogP contribution in [0.15, 0.2) is 18.3 Å². The van der Waals surface area contributed by atoms with Crippen LogP contribution in [0.4, 0.5) is 19.0 Å². The van der Waals surface area contributed by atoms with E-state index >= 15 is 0 Å². The molecule has 0 radical (unpaired) electrons. The summed E-state index contributed by atoms with van der Waals surface area (Å²) in [5.41, 5.74) is -0.761. The van der Waals surface area contributed by atoms with Crippen LogP contribution < -0.4 is 5.32 Å². The number of rotatable bonds is 6. The van der Waals surface area contributed by atoms with Crippen molar-refractivity contribution < 1.29 is 23.1 Å². The molecule has 0 aliphatic heterocycles. The molecule has 0 aliphatic rings. The summed E-state index contributed by atoms with van der Waals surface area (Å²) in [7, 11) is 0. The molecular formula is C12H15F3N2O2. The predicted octanol–water partition coefficient (Wildman–Crippen LogP) is 3.01. The van der Waals surface area contributed by atoms with E-state index in [1.165, 1.54) is 0 Å². The summed E-state index contributed by atoms with van der Waals surface area (Å²) in [5.74, 6) is -0.714. The fraction of sp³-hybridized carbons (Fsp3) is 0.500. The fourth-order valence-electron chi connectivity index (χ4n) is 1.45. The van der Waals surface area contributed by atoms with Gasteiger partial charge in [0, 0.05) is 19.2 Å². The lowest BCUT2D eigenvalue weighted by Gasteiger charge is -2.13. The Hall–Kier alpha value is -1.79. The first-order chi connectivity index (χ1) is 8.79. The smallest absolute Gasteiger partial charge is 0.416 e. The topological polar surface area (TPSA) is 62.2 Å². The highest BCUT2D eigenvalue weighted by Crippen LogP contribution is 2.29. The minimum atomic E-state index is -4.39. The second-order valence-corrected chi connectivity index (χ2v) is 4.35. The molecule has 0 saturated heterocycles. The number of nitrogens with zero attached hydrogens (tertiary/aromatic N) is 1. The van der Waals surface area contributed by atoms with Gasteiger partial charge < -0.3 is 10.4 Å². The predicted molar refractivity (Wildman–Crippen MR) is 63.8 cm³/mol. The van der Waals surface area contributed by atoms with Crippen molar-refractivity contribution in [2.75, 3.05) is 11.9 Å². The lowest BCUT2D eigenvalue weighted by molar-refractivity contribution is -0.138. The van der Waals surface area contributed by atoms with Gasteiger partial charge in [-0.3, -0.25) is 4.79 Å². The minimum Gasteiger partial charge on any atom is -0.481 e. The molecule has 2 N–H and O–H groups in total. The molecule has 1 atom stereocenters. The molecule has 0 aromatic carbocycles. The van der Waals surface area contributed by atoms with Crippen LogP contribution in [0.5, 0.6) is 0 Å².